The minimum Gasteiger partial charge on any atom is -0.495 e. The number of anilines is 5. The lowest BCUT2D eigenvalue weighted by Crippen LogP contribution is -2.54. The lowest BCUT2D eigenvalue weighted by molar-refractivity contribution is -0.140. The molecule has 0 radical (unpaired) electrons. The van der Waals surface area contributed by atoms with E-state index < -0.39 is 48.0 Å². The van der Waals surface area contributed by atoms with Crippen LogP contribution in [0.1, 0.15) is 102 Å². The Bertz CT molecular complexity index is 2410. The summed E-state index contributed by atoms with van der Waals surface area (Å²) in [4.78, 5) is 96.6. The lowest BCUT2D eigenvalue weighted by Gasteiger charge is -2.37. The summed E-state index contributed by atoms with van der Waals surface area (Å²) in [6.07, 6.45) is 9.95. The summed E-state index contributed by atoms with van der Waals surface area (Å²) in [7, 11) is 2.82. The normalized spacial score (nSPS) is 21.8. The fourth-order valence-corrected chi connectivity index (χ4v) is 10.5. The van der Waals surface area contributed by atoms with E-state index in [9.17, 15) is 28.8 Å². The van der Waals surface area contributed by atoms with Crippen LogP contribution in [0.5, 0.6) is 5.75 Å². The molecule has 9 rings (SSSR count). The number of likely N-dealkylation sites (tertiary alicyclic amines) is 1. The number of carbonyl (C=O) groups excluding carboxylic acids is 6. The van der Waals surface area contributed by atoms with Crippen molar-refractivity contribution >= 4 is 64.3 Å². The van der Waals surface area contributed by atoms with Gasteiger partial charge in [0.05, 0.1) is 42.4 Å². The van der Waals surface area contributed by atoms with Gasteiger partial charge in [-0.3, -0.25) is 43.9 Å². The number of benzene rings is 2. The Kier molecular flexibility index (Phi) is 12.6. The Morgan fingerprint density at radius 3 is 2.39 bits per heavy atom. The highest BCUT2D eigenvalue weighted by atomic mass is 19.3. The number of piperazine rings is 1. The lowest BCUT2D eigenvalue weighted by atomic mass is 9.91. The van der Waals surface area contributed by atoms with Crippen LogP contribution in [-0.4, -0.2) is 145 Å². The van der Waals surface area contributed by atoms with E-state index in [4.69, 9.17) is 4.74 Å². The largest absolute Gasteiger partial charge is 0.495 e. The van der Waals surface area contributed by atoms with E-state index in [0.29, 0.717) is 65.9 Å². The van der Waals surface area contributed by atoms with E-state index in [0.717, 1.165) is 87.2 Å². The van der Waals surface area contributed by atoms with Crippen LogP contribution in [0.15, 0.2) is 42.6 Å². The second-order valence-corrected chi connectivity index (χ2v) is 18.3. The summed E-state index contributed by atoms with van der Waals surface area (Å²) >= 11 is 0. The molecule has 1 aromatic heterocycles. The first-order valence-electron chi connectivity index (χ1n) is 23.2. The zero-order valence-corrected chi connectivity index (χ0v) is 37.4. The third-order valence-electron chi connectivity index (χ3n) is 14.2. The van der Waals surface area contributed by atoms with Crippen LogP contribution in [0.25, 0.3) is 0 Å². The molecule has 1 aliphatic carbocycles. The zero-order valence-electron chi connectivity index (χ0n) is 37.4. The van der Waals surface area contributed by atoms with Crippen LogP contribution >= 0.6 is 0 Å². The van der Waals surface area contributed by atoms with Crippen molar-refractivity contribution < 1.29 is 42.3 Å². The summed E-state index contributed by atoms with van der Waals surface area (Å²) in [5.41, 5.74) is 2.52. The molecule has 3 saturated heterocycles. The van der Waals surface area contributed by atoms with Gasteiger partial charge in [0.15, 0.2) is 5.82 Å². The summed E-state index contributed by atoms with van der Waals surface area (Å²) in [6.45, 7) is 4.55. The van der Waals surface area contributed by atoms with Gasteiger partial charge >= 0.3 is 5.92 Å². The minimum absolute atomic E-state index is 0.0753. The highest BCUT2D eigenvalue weighted by molar-refractivity contribution is 6.25. The van der Waals surface area contributed by atoms with Crippen LogP contribution in [0, 0.1) is 5.92 Å². The van der Waals surface area contributed by atoms with Crippen LogP contribution in [0.4, 0.5) is 37.6 Å². The molecule has 17 nitrogen and oxygen atoms in total. The highest BCUT2D eigenvalue weighted by Gasteiger charge is 2.49. The number of methoxy groups -OCH3 is 1. The maximum Gasteiger partial charge on any atom is 0.342 e. The van der Waals surface area contributed by atoms with Gasteiger partial charge in [-0.15, -0.1) is 0 Å². The molecular formula is C47H56F2N10O7. The number of aromatic nitrogens is 2. The standard InChI is InChI=1S/C47H56F2N10O7/c1-54-36-27-50-46(53-40(36)58(31-9-3-4-10-31)28-47(48,49)45(54)65)51-33-14-13-30(26-37(33)66-2)42(62)57-20-17-29(18-21-57)8-5-6-19-55-22-24-56(25-23-55)34-12-7-11-32-39(34)44(64)59(43(32)63)35-15-16-38(60)52-41(35)61/h7,11-14,26-27,29,31,35H,3-6,8-10,15-25,28H2,1-2H3,(H,50,51,53)(H,52,60,61). The summed E-state index contributed by atoms with van der Waals surface area (Å²) < 4.78 is 35.8. The van der Waals surface area contributed by atoms with E-state index in [1.54, 1.807) is 35.2 Å². The van der Waals surface area contributed by atoms with E-state index >= 15 is 8.78 Å². The molecule has 1 atom stereocenters. The van der Waals surface area contributed by atoms with E-state index in [1.165, 1.54) is 20.4 Å². The van der Waals surface area contributed by atoms with Gasteiger partial charge in [-0.05, 0) is 81.3 Å². The molecule has 6 heterocycles. The number of unbranched alkanes of at least 4 members (excludes halogenated alkanes) is 1. The first-order valence-corrected chi connectivity index (χ1v) is 23.2. The van der Waals surface area contributed by atoms with Gasteiger partial charge in [0.1, 0.15) is 17.5 Å². The zero-order chi connectivity index (χ0) is 46.3. The third kappa shape index (κ3) is 8.76. The molecule has 19 heteroatoms. The first kappa shape index (κ1) is 44.9. The number of nitrogens with one attached hydrogen (secondary N) is 2. The molecule has 5 aliphatic heterocycles. The fraction of sp³-hybridized carbons (Fsp3) is 0.532. The number of fused-ring (bicyclic) bond motifs is 2. The van der Waals surface area contributed by atoms with Gasteiger partial charge < -0.3 is 29.7 Å². The van der Waals surface area contributed by atoms with Crippen molar-refractivity contribution in [1.29, 1.82) is 0 Å². The second kappa shape index (κ2) is 18.6. The molecule has 2 N–H and O–H groups in total. The Morgan fingerprint density at radius 2 is 1.67 bits per heavy atom. The molecule has 2 aromatic carbocycles. The molecule has 66 heavy (non-hydrogen) atoms. The molecular weight excluding hydrogens is 855 g/mol. The van der Waals surface area contributed by atoms with Gasteiger partial charge in [-0.25, -0.2) is 4.98 Å². The maximum atomic E-state index is 15.1. The summed E-state index contributed by atoms with van der Waals surface area (Å²) in [5, 5.41) is 5.40. The minimum atomic E-state index is -3.58. The number of alkyl halides is 2. The molecule has 1 saturated carbocycles. The maximum absolute atomic E-state index is 15.1. The molecule has 6 amide bonds. The molecule has 350 valence electrons. The molecule has 1 unspecified atom stereocenters. The number of hydrogen-bond acceptors (Lipinski definition) is 13. The smallest absolute Gasteiger partial charge is 0.342 e. The predicted octanol–water partition coefficient (Wildman–Crippen LogP) is 4.84. The summed E-state index contributed by atoms with van der Waals surface area (Å²) in [5.74, 6) is -5.61. The van der Waals surface area contributed by atoms with E-state index in [2.05, 4.69) is 30.4 Å². The average molecular weight is 911 g/mol. The van der Waals surface area contributed by atoms with Gasteiger partial charge in [0.2, 0.25) is 17.8 Å². The van der Waals surface area contributed by atoms with Crippen molar-refractivity contribution in [3.63, 3.8) is 0 Å². The number of piperidine rings is 2. The number of hydrogen-bond donors (Lipinski definition) is 2. The second-order valence-electron chi connectivity index (χ2n) is 18.3. The van der Waals surface area contributed by atoms with E-state index in [1.807, 2.05) is 11.0 Å². The Balaban J connectivity index is 0.732. The SMILES string of the molecule is COc1cc(C(=O)N2CCC(CCCCN3CCN(c4cccc5c4C(=O)N(C4CCC(=O)NC4=O)C5=O)CC3)CC2)ccc1Nc1ncc2c(n1)N(C1CCCC1)CC(F)(F)C(=O)N2C. The van der Waals surface area contributed by atoms with E-state index in [-0.39, 0.29) is 42.2 Å². The van der Waals surface area contributed by atoms with Crippen molar-refractivity contribution in [2.45, 2.75) is 88.6 Å². The van der Waals surface area contributed by atoms with Crippen LogP contribution in [0.3, 0.4) is 0 Å². The Hall–Kier alpha value is -6.24. The van der Waals surface area contributed by atoms with Crippen molar-refractivity contribution in [3.05, 3.63) is 59.3 Å². The average Bonchev–Trinajstić information content (AvgIpc) is 3.94. The number of ether oxygens (including phenoxy) is 1. The Labute approximate surface area is 381 Å². The molecule has 0 bridgehead atoms. The molecule has 0 spiro atoms. The topological polar surface area (TPSA) is 181 Å². The van der Waals surface area contributed by atoms with Crippen molar-refractivity contribution in [2.75, 3.05) is 86.5 Å². The number of amides is 6. The quantitative estimate of drug-likeness (QED) is 0.187. The molecule has 4 fully saturated rings. The fourth-order valence-electron chi connectivity index (χ4n) is 10.5. The van der Waals surface area contributed by atoms with Crippen molar-refractivity contribution in [1.82, 2.24) is 30.0 Å². The number of nitrogens with zero attached hydrogens (tertiary/aromatic N) is 8. The van der Waals surface area contributed by atoms with Crippen LogP contribution < -0.4 is 30.1 Å². The molecule has 6 aliphatic rings. The van der Waals surface area contributed by atoms with Crippen molar-refractivity contribution in [3.8, 4) is 5.75 Å². The number of imide groups is 2. The van der Waals surface area contributed by atoms with Gasteiger partial charge in [-0.2, -0.15) is 13.8 Å². The van der Waals surface area contributed by atoms with Crippen molar-refractivity contribution in [2.24, 2.45) is 5.92 Å². The van der Waals surface area contributed by atoms with Crippen LogP contribution in [-0.2, 0) is 14.4 Å². The van der Waals surface area contributed by atoms with Gasteiger partial charge in [0.25, 0.3) is 23.6 Å². The van der Waals surface area contributed by atoms with Gasteiger partial charge in [0, 0.05) is 64.3 Å². The number of carbonyl (C=O) groups is 6. The predicted molar refractivity (Wildman–Crippen MR) is 241 cm³/mol. The Morgan fingerprint density at radius 1 is 0.909 bits per heavy atom. The first-order chi connectivity index (χ1) is 31.8. The third-order valence-corrected chi connectivity index (χ3v) is 14.2. The summed E-state index contributed by atoms with van der Waals surface area (Å²) in [6, 6.07) is 9.23. The number of rotatable bonds is 12. The van der Waals surface area contributed by atoms with Crippen LogP contribution in [0.2, 0.25) is 0 Å². The number of halogens is 2. The monoisotopic (exact) mass is 910 g/mol. The van der Waals surface area contributed by atoms with Gasteiger partial charge in [-0.1, -0.05) is 31.7 Å². The molecule has 3 aromatic rings. The highest BCUT2D eigenvalue weighted by Crippen LogP contribution is 2.41.